The molecule has 4 rings (SSSR count). The van der Waals surface area contributed by atoms with Gasteiger partial charge in [-0.25, -0.2) is 4.39 Å². The molecule has 3 fully saturated rings. The first-order chi connectivity index (χ1) is 12.9. The summed E-state index contributed by atoms with van der Waals surface area (Å²) in [6.07, 6.45) is 2.25. The molecule has 0 aromatic heterocycles. The summed E-state index contributed by atoms with van der Waals surface area (Å²) in [5, 5.41) is 11.9. The van der Waals surface area contributed by atoms with Crippen molar-refractivity contribution >= 4 is 11.9 Å². The smallest absolute Gasteiger partial charge is 0.304 e. The van der Waals surface area contributed by atoms with Gasteiger partial charge in [0.25, 0.3) is 5.91 Å². The van der Waals surface area contributed by atoms with Crippen LogP contribution in [0.2, 0.25) is 0 Å². The molecule has 0 aliphatic carbocycles. The number of hydrogen-bond acceptors (Lipinski definition) is 4. The van der Waals surface area contributed by atoms with Crippen LogP contribution in [0.3, 0.4) is 0 Å². The molecular formula is C20H25FN2O4. The van der Waals surface area contributed by atoms with Gasteiger partial charge in [-0.05, 0) is 37.5 Å². The Bertz CT molecular complexity index is 770. The molecule has 3 aliphatic rings. The number of carboxylic acids is 1. The number of carbonyl (C=O) groups excluding carboxylic acids is 1. The number of nitrogens with zero attached hydrogens (tertiary/aromatic N) is 1. The molecule has 2 N–H and O–H groups in total. The molecule has 1 spiro atoms. The van der Waals surface area contributed by atoms with Gasteiger partial charge in [0, 0.05) is 43.6 Å². The molecule has 0 unspecified atom stereocenters. The van der Waals surface area contributed by atoms with Crippen molar-refractivity contribution in [3.63, 3.8) is 0 Å². The van der Waals surface area contributed by atoms with Gasteiger partial charge in [-0.1, -0.05) is 6.07 Å². The van der Waals surface area contributed by atoms with E-state index >= 15 is 0 Å². The minimum atomic E-state index is -0.788. The molecule has 146 valence electrons. The second kappa shape index (κ2) is 6.87. The van der Waals surface area contributed by atoms with Crippen molar-refractivity contribution in [2.24, 2.45) is 11.8 Å². The van der Waals surface area contributed by atoms with Gasteiger partial charge in [-0.2, -0.15) is 0 Å². The van der Waals surface area contributed by atoms with Crippen molar-refractivity contribution in [2.45, 2.75) is 37.9 Å². The first-order valence-corrected chi connectivity index (χ1v) is 9.54. The summed E-state index contributed by atoms with van der Waals surface area (Å²) in [7, 11) is 0. The van der Waals surface area contributed by atoms with Crippen molar-refractivity contribution in [1.82, 2.24) is 10.2 Å². The van der Waals surface area contributed by atoms with E-state index < -0.39 is 11.8 Å². The lowest BCUT2D eigenvalue weighted by atomic mass is 9.73. The maximum Gasteiger partial charge on any atom is 0.304 e. The maximum atomic E-state index is 13.5. The van der Waals surface area contributed by atoms with Gasteiger partial charge >= 0.3 is 5.97 Å². The summed E-state index contributed by atoms with van der Waals surface area (Å²) in [5.74, 6) is -0.947. The highest BCUT2D eigenvalue weighted by atomic mass is 19.1. The van der Waals surface area contributed by atoms with Crippen LogP contribution < -0.4 is 5.32 Å². The van der Waals surface area contributed by atoms with Crippen LogP contribution in [-0.4, -0.2) is 59.8 Å². The molecule has 0 saturated carbocycles. The van der Waals surface area contributed by atoms with E-state index in [2.05, 4.69) is 10.2 Å². The standard InChI is InChI=1S/C20H25FN2O4/c1-12-2-3-13(21)8-14(12)19(26)22-9-15-16-10-23(7-5-18(24)25)11-20(16)6-4-17(15)27-20/h2-3,8,15-17H,4-7,9-11H2,1H3,(H,22,26)(H,24,25)/t15-,16+,17+,20+/m0/s1. The number of rotatable bonds is 6. The topological polar surface area (TPSA) is 78.9 Å². The highest BCUT2D eigenvalue weighted by Crippen LogP contribution is 2.54. The molecule has 3 aliphatic heterocycles. The van der Waals surface area contributed by atoms with Gasteiger partial charge in [0.05, 0.1) is 18.1 Å². The van der Waals surface area contributed by atoms with E-state index in [1.807, 2.05) is 0 Å². The minimum Gasteiger partial charge on any atom is -0.481 e. The first-order valence-electron chi connectivity index (χ1n) is 9.54. The Kier molecular flexibility index (Phi) is 4.68. The third kappa shape index (κ3) is 3.34. The van der Waals surface area contributed by atoms with Gasteiger partial charge in [0.2, 0.25) is 0 Å². The van der Waals surface area contributed by atoms with Crippen LogP contribution in [0.1, 0.15) is 35.2 Å². The number of hydrogen-bond donors (Lipinski definition) is 2. The minimum absolute atomic E-state index is 0.131. The lowest BCUT2D eigenvalue weighted by molar-refractivity contribution is -0.137. The van der Waals surface area contributed by atoms with Crippen molar-refractivity contribution in [3.05, 3.63) is 35.1 Å². The number of likely N-dealkylation sites (tertiary alicyclic amines) is 1. The van der Waals surface area contributed by atoms with Crippen LogP contribution >= 0.6 is 0 Å². The van der Waals surface area contributed by atoms with Crippen LogP contribution in [-0.2, 0) is 9.53 Å². The molecule has 3 saturated heterocycles. The Morgan fingerprint density at radius 2 is 2.26 bits per heavy atom. The molecule has 1 amide bonds. The highest BCUT2D eigenvalue weighted by molar-refractivity contribution is 5.95. The summed E-state index contributed by atoms with van der Waals surface area (Å²) >= 11 is 0. The average Bonchev–Trinajstić information content (AvgIpc) is 3.28. The van der Waals surface area contributed by atoms with Gasteiger partial charge in [0.15, 0.2) is 0 Å². The number of benzene rings is 1. The van der Waals surface area contributed by atoms with E-state index in [9.17, 15) is 14.0 Å². The van der Waals surface area contributed by atoms with Crippen LogP contribution in [0.25, 0.3) is 0 Å². The summed E-state index contributed by atoms with van der Waals surface area (Å²) in [4.78, 5) is 25.5. The van der Waals surface area contributed by atoms with Crippen molar-refractivity contribution in [3.8, 4) is 0 Å². The number of carbonyl (C=O) groups is 2. The maximum absolute atomic E-state index is 13.5. The fraction of sp³-hybridized carbons (Fsp3) is 0.600. The number of aryl methyl sites for hydroxylation is 1. The van der Waals surface area contributed by atoms with Crippen LogP contribution in [0, 0.1) is 24.6 Å². The molecule has 0 radical (unpaired) electrons. The number of aliphatic carboxylic acids is 1. The predicted molar refractivity (Wildman–Crippen MR) is 96.0 cm³/mol. The molecule has 6 nitrogen and oxygen atoms in total. The fourth-order valence-corrected chi connectivity index (χ4v) is 5.13. The zero-order valence-corrected chi connectivity index (χ0v) is 15.4. The first kappa shape index (κ1) is 18.4. The number of halogens is 1. The number of carboxylic acid groups (broad SMARTS) is 1. The molecule has 1 aromatic rings. The molecule has 1 aromatic carbocycles. The Morgan fingerprint density at radius 1 is 1.44 bits per heavy atom. The van der Waals surface area contributed by atoms with Crippen LogP contribution in [0.4, 0.5) is 4.39 Å². The second-order valence-corrected chi connectivity index (χ2v) is 8.08. The monoisotopic (exact) mass is 376 g/mol. The number of nitrogens with one attached hydrogen (secondary N) is 1. The summed E-state index contributed by atoms with van der Waals surface area (Å²) < 4.78 is 19.8. The van der Waals surface area contributed by atoms with E-state index in [1.165, 1.54) is 12.1 Å². The Hall–Kier alpha value is -1.99. The van der Waals surface area contributed by atoms with Crippen molar-refractivity contribution in [1.29, 1.82) is 0 Å². The number of ether oxygens (including phenoxy) is 1. The predicted octanol–water partition coefficient (Wildman–Crippen LogP) is 1.82. The molecule has 7 heteroatoms. The average molecular weight is 376 g/mol. The van der Waals surface area contributed by atoms with E-state index in [0.717, 1.165) is 31.5 Å². The Labute approximate surface area is 157 Å². The summed E-state index contributed by atoms with van der Waals surface area (Å²) in [5.41, 5.74) is 0.923. The Morgan fingerprint density at radius 3 is 3.04 bits per heavy atom. The Balaban J connectivity index is 1.40. The number of fused-ring (bicyclic) bond motifs is 1. The summed E-state index contributed by atoms with van der Waals surface area (Å²) in [6, 6.07) is 4.23. The molecule has 4 atom stereocenters. The van der Waals surface area contributed by atoms with Crippen LogP contribution in [0.15, 0.2) is 18.2 Å². The summed E-state index contributed by atoms with van der Waals surface area (Å²) in [6.45, 7) is 4.40. The second-order valence-electron chi connectivity index (χ2n) is 8.08. The van der Waals surface area contributed by atoms with Gasteiger partial charge in [0.1, 0.15) is 5.82 Å². The van der Waals surface area contributed by atoms with Gasteiger partial charge < -0.3 is 15.2 Å². The quantitative estimate of drug-likeness (QED) is 0.792. The fourth-order valence-electron chi connectivity index (χ4n) is 5.13. The molecular weight excluding hydrogens is 351 g/mol. The van der Waals surface area contributed by atoms with E-state index in [0.29, 0.717) is 24.6 Å². The molecule has 27 heavy (non-hydrogen) atoms. The van der Waals surface area contributed by atoms with Crippen LogP contribution in [0.5, 0.6) is 0 Å². The SMILES string of the molecule is Cc1ccc(F)cc1C(=O)NC[C@H]1[C@H]2CN(CCC(=O)O)C[C@]23CC[C@H]1O3. The molecule has 3 heterocycles. The van der Waals surface area contributed by atoms with E-state index in [-0.39, 0.29) is 30.0 Å². The normalized spacial score (nSPS) is 31.9. The van der Waals surface area contributed by atoms with Gasteiger partial charge in [-0.15, -0.1) is 0 Å². The zero-order valence-electron chi connectivity index (χ0n) is 15.4. The molecule has 2 bridgehead atoms. The third-order valence-corrected chi connectivity index (χ3v) is 6.44. The van der Waals surface area contributed by atoms with Crippen molar-refractivity contribution < 1.29 is 23.8 Å². The lowest BCUT2D eigenvalue weighted by Crippen LogP contribution is -2.42. The largest absolute Gasteiger partial charge is 0.481 e. The van der Waals surface area contributed by atoms with Gasteiger partial charge in [-0.3, -0.25) is 14.5 Å². The van der Waals surface area contributed by atoms with E-state index in [4.69, 9.17) is 9.84 Å². The zero-order chi connectivity index (χ0) is 19.2. The lowest BCUT2D eigenvalue weighted by Gasteiger charge is -2.29. The van der Waals surface area contributed by atoms with Crippen molar-refractivity contribution in [2.75, 3.05) is 26.2 Å². The highest BCUT2D eigenvalue weighted by Gasteiger charge is 2.62. The number of amides is 1. The third-order valence-electron chi connectivity index (χ3n) is 6.44. The van der Waals surface area contributed by atoms with E-state index in [1.54, 1.807) is 13.0 Å².